The summed E-state index contributed by atoms with van der Waals surface area (Å²) in [4.78, 5) is 23.4. The normalized spacial score (nSPS) is 10.4. The highest BCUT2D eigenvalue weighted by Gasteiger charge is 2.11. The standard InChI is InChI=1S/C10H14N2O4/c1-11-9(13)5-12(2)4-8-3-7(6-16-8)10(14)15/h3,6H,4-5H2,1-2H3,(H,11,13)(H,14,15). The molecule has 0 aliphatic carbocycles. The van der Waals surface area contributed by atoms with Gasteiger partial charge < -0.3 is 14.8 Å². The number of furan rings is 1. The Kier molecular flexibility index (Phi) is 4.07. The number of rotatable bonds is 5. The van der Waals surface area contributed by atoms with Crippen molar-refractivity contribution in [1.29, 1.82) is 0 Å². The van der Waals surface area contributed by atoms with Gasteiger partial charge in [0.2, 0.25) is 5.91 Å². The van der Waals surface area contributed by atoms with Crippen LogP contribution in [0.1, 0.15) is 16.1 Å². The van der Waals surface area contributed by atoms with E-state index >= 15 is 0 Å². The molecular formula is C10H14N2O4. The maximum absolute atomic E-state index is 11.0. The predicted octanol–water partition coefficient (Wildman–Crippen LogP) is 0.156. The van der Waals surface area contributed by atoms with Crippen LogP contribution in [0.2, 0.25) is 0 Å². The molecule has 6 heteroatoms. The summed E-state index contributed by atoms with van der Waals surface area (Å²) in [5.74, 6) is -0.611. The van der Waals surface area contributed by atoms with E-state index in [0.29, 0.717) is 12.3 Å². The first-order valence-corrected chi connectivity index (χ1v) is 4.72. The summed E-state index contributed by atoms with van der Waals surface area (Å²) >= 11 is 0. The van der Waals surface area contributed by atoms with Crippen molar-refractivity contribution >= 4 is 11.9 Å². The summed E-state index contributed by atoms with van der Waals surface area (Å²) in [5, 5.41) is 11.2. The van der Waals surface area contributed by atoms with E-state index in [1.54, 1.807) is 19.0 Å². The maximum Gasteiger partial charge on any atom is 0.338 e. The Hall–Kier alpha value is -1.82. The van der Waals surface area contributed by atoms with Crippen molar-refractivity contribution in [3.8, 4) is 0 Å². The van der Waals surface area contributed by atoms with Gasteiger partial charge in [0, 0.05) is 7.05 Å². The van der Waals surface area contributed by atoms with Gasteiger partial charge >= 0.3 is 5.97 Å². The van der Waals surface area contributed by atoms with Crippen molar-refractivity contribution < 1.29 is 19.1 Å². The molecule has 0 saturated carbocycles. The summed E-state index contributed by atoms with van der Waals surface area (Å²) in [6.45, 7) is 0.625. The monoisotopic (exact) mass is 226 g/mol. The lowest BCUT2D eigenvalue weighted by Crippen LogP contribution is -2.32. The fraction of sp³-hybridized carbons (Fsp3) is 0.400. The summed E-state index contributed by atoms with van der Waals surface area (Å²) < 4.78 is 5.06. The molecule has 0 bridgehead atoms. The Morgan fingerprint density at radius 1 is 1.56 bits per heavy atom. The zero-order valence-corrected chi connectivity index (χ0v) is 9.19. The Bertz CT molecular complexity index is 386. The van der Waals surface area contributed by atoms with Crippen molar-refractivity contribution in [2.24, 2.45) is 0 Å². The van der Waals surface area contributed by atoms with Crippen molar-refractivity contribution in [3.05, 3.63) is 23.7 Å². The highest BCUT2D eigenvalue weighted by Crippen LogP contribution is 2.09. The Morgan fingerprint density at radius 3 is 2.75 bits per heavy atom. The Balaban J connectivity index is 2.52. The fourth-order valence-corrected chi connectivity index (χ4v) is 1.22. The van der Waals surface area contributed by atoms with Crippen LogP contribution in [0.4, 0.5) is 0 Å². The van der Waals surface area contributed by atoms with Crippen LogP contribution in [-0.4, -0.2) is 42.5 Å². The molecule has 6 nitrogen and oxygen atoms in total. The number of carboxylic acids is 1. The SMILES string of the molecule is CNC(=O)CN(C)Cc1cc(C(=O)O)co1. The molecule has 0 saturated heterocycles. The third-order valence-electron chi connectivity index (χ3n) is 2.02. The molecule has 0 spiro atoms. The number of carbonyl (C=O) groups is 2. The minimum Gasteiger partial charge on any atom is -0.478 e. The van der Waals surface area contributed by atoms with Crippen LogP contribution in [-0.2, 0) is 11.3 Å². The van der Waals surface area contributed by atoms with Gasteiger partial charge in [-0.15, -0.1) is 0 Å². The van der Waals surface area contributed by atoms with Gasteiger partial charge in [-0.05, 0) is 13.1 Å². The van der Waals surface area contributed by atoms with E-state index in [9.17, 15) is 9.59 Å². The molecule has 0 fully saturated rings. The first-order chi connectivity index (χ1) is 7.52. The molecule has 88 valence electrons. The highest BCUT2D eigenvalue weighted by molar-refractivity contribution is 5.87. The molecule has 0 atom stereocenters. The summed E-state index contributed by atoms with van der Waals surface area (Å²) in [7, 11) is 3.31. The van der Waals surface area contributed by atoms with Crippen LogP contribution in [0.25, 0.3) is 0 Å². The third kappa shape index (κ3) is 3.39. The predicted molar refractivity (Wildman–Crippen MR) is 56.1 cm³/mol. The zero-order chi connectivity index (χ0) is 12.1. The second kappa shape index (κ2) is 5.32. The Morgan fingerprint density at radius 2 is 2.25 bits per heavy atom. The van der Waals surface area contributed by atoms with E-state index in [1.165, 1.54) is 12.3 Å². The van der Waals surface area contributed by atoms with Gasteiger partial charge in [0.15, 0.2) is 0 Å². The smallest absolute Gasteiger partial charge is 0.338 e. The number of likely N-dealkylation sites (N-methyl/N-ethyl adjacent to an activating group) is 2. The van der Waals surface area contributed by atoms with Crippen molar-refractivity contribution in [3.63, 3.8) is 0 Å². The lowest BCUT2D eigenvalue weighted by molar-refractivity contribution is -0.121. The average Bonchev–Trinajstić information content (AvgIpc) is 2.65. The molecule has 16 heavy (non-hydrogen) atoms. The second-order valence-electron chi connectivity index (χ2n) is 3.45. The molecule has 1 heterocycles. The molecule has 1 aromatic rings. The number of carbonyl (C=O) groups excluding carboxylic acids is 1. The summed E-state index contributed by atoms with van der Waals surface area (Å²) in [6.07, 6.45) is 1.19. The lowest BCUT2D eigenvalue weighted by atomic mass is 10.3. The van der Waals surface area contributed by atoms with Crippen LogP contribution in [0.3, 0.4) is 0 Å². The second-order valence-corrected chi connectivity index (χ2v) is 3.45. The highest BCUT2D eigenvalue weighted by atomic mass is 16.4. The molecule has 0 aliphatic rings. The summed E-state index contributed by atoms with van der Waals surface area (Å²) in [6, 6.07) is 1.45. The first-order valence-electron chi connectivity index (χ1n) is 4.72. The Labute approximate surface area is 92.8 Å². The molecule has 1 rings (SSSR count). The maximum atomic E-state index is 11.0. The van der Waals surface area contributed by atoms with E-state index in [4.69, 9.17) is 9.52 Å². The van der Waals surface area contributed by atoms with Crippen LogP contribution >= 0.6 is 0 Å². The van der Waals surface area contributed by atoms with Gasteiger partial charge in [-0.1, -0.05) is 0 Å². The number of nitrogens with zero attached hydrogens (tertiary/aromatic N) is 1. The van der Waals surface area contributed by atoms with E-state index in [0.717, 1.165) is 0 Å². The van der Waals surface area contributed by atoms with Gasteiger partial charge in [0.05, 0.1) is 18.7 Å². The largest absolute Gasteiger partial charge is 0.478 e. The van der Waals surface area contributed by atoms with Gasteiger partial charge in [-0.2, -0.15) is 0 Å². The lowest BCUT2D eigenvalue weighted by Gasteiger charge is -2.13. The minimum atomic E-state index is -1.02. The molecule has 0 aromatic carbocycles. The fourth-order valence-electron chi connectivity index (χ4n) is 1.22. The molecular weight excluding hydrogens is 212 g/mol. The number of nitrogens with one attached hydrogen (secondary N) is 1. The number of carboxylic acid groups (broad SMARTS) is 1. The molecule has 1 amide bonds. The van der Waals surface area contributed by atoms with Crippen molar-refractivity contribution in [1.82, 2.24) is 10.2 Å². The molecule has 2 N–H and O–H groups in total. The van der Waals surface area contributed by atoms with Gasteiger partial charge in [0.25, 0.3) is 0 Å². The van der Waals surface area contributed by atoms with Crippen LogP contribution in [0, 0.1) is 0 Å². The first kappa shape index (κ1) is 12.3. The average molecular weight is 226 g/mol. The van der Waals surface area contributed by atoms with Crippen LogP contribution in [0.5, 0.6) is 0 Å². The van der Waals surface area contributed by atoms with E-state index < -0.39 is 5.97 Å². The van der Waals surface area contributed by atoms with Gasteiger partial charge in [-0.3, -0.25) is 9.69 Å². The molecule has 0 unspecified atom stereocenters. The van der Waals surface area contributed by atoms with Crippen molar-refractivity contribution in [2.45, 2.75) is 6.54 Å². The van der Waals surface area contributed by atoms with Crippen LogP contribution < -0.4 is 5.32 Å². The zero-order valence-electron chi connectivity index (χ0n) is 9.19. The number of aromatic carboxylic acids is 1. The van der Waals surface area contributed by atoms with Gasteiger partial charge in [-0.25, -0.2) is 4.79 Å². The van der Waals surface area contributed by atoms with E-state index in [2.05, 4.69) is 5.32 Å². The van der Waals surface area contributed by atoms with Crippen LogP contribution in [0.15, 0.2) is 16.7 Å². The third-order valence-corrected chi connectivity index (χ3v) is 2.02. The van der Waals surface area contributed by atoms with Gasteiger partial charge in [0.1, 0.15) is 12.0 Å². The molecule has 0 aliphatic heterocycles. The molecule has 1 aromatic heterocycles. The van der Waals surface area contributed by atoms with Crippen molar-refractivity contribution in [2.75, 3.05) is 20.6 Å². The minimum absolute atomic E-state index is 0.104. The quantitative estimate of drug-likeness (QED) is 0.747. The molecule has 0 radical (unpaired) electrons. The summed E-state index contributed by atoms with van der Waals surface area (Å²) in [5.41, 5.74) is 0.114. The topological polar surface area (TPSA) is 82.8 Å². The number of hydrogen-bond donors (Lipinski definition) is 2. The number of hydrogen-bond acceptors (Lipinski definition) is 4. The van der Waals surface area contributed by atoms with E-state index in [-0.39, 0.29) is 18.0 Å². The van der Waals surface area contributed by atoms with E-state index in [1.807, 2.05) is 0 Å². The number of amides is 1.